The van der Waals surface area contributed by atoms with Crippen LogP contribution in [0.1, 0.15) is 31.9 Å². The molecule has 0 spiro atoms. The molecule has 1 aromatic carbocycles. The van der Waals surface area contributed by atoms with E-state index in [1.54, 1.807) is 24.3 Å². The SMILES string of the molecule is CC(C)CC1NC(=O)C(c2ccccc2)N(CCF)C1=O. The van der Waals surface area contributed by atoms with Crippen molar-refractivity contribution in [3.63, 3.8) is 0 Å². The third-order valence-electron chi connectivity index (χ3n) is 3.61. The van der Waals surface area contributed by atoms with E-state index in [-0.39, 0.29) is 24.3 Å². The Kier molecular flexibility index (Phi) is 4.94. The van der Waals surface area contributed by atoms with E-state index < -0.39 is 18.8 Å². The van der Waals surface area contributed by atoms with Crippen molar-refractivity contribution >= 4 is 11.8 Å². The molecule has 0 aromatic heterocycles. The topological polar surface area (TPSA) is 49.4 Å². The van der Waals surface area contributed by atoms with Crippen LogP contribution in [0.5, 0.6) is 0 Å². The molecule has 1 aliphatic rings. The number of alkyl halides is 1. The van der Waals surface area contributed by atoms with Gasteiger partial charge in [0, 0.05) is 0 Å². The van der Waals surface area contributed by atoms with Crippen LogP contribution in [0.4, 0.5) is 4.39 Å². The highest BCUT2D eigenvalue weighted by Gasteiger charge is 2.41. The molecule has 2 amide bonds. The van der Waals surface area contributed by atoms with Gasteiger partial charge in [0.25, 0.3) is 0 Å². The fourth-order valence-corrected chi connectivity index (χ4v) is 2.71. The molecule has 4 nitrogen and oxygen atoms in total. The van der Waals surface area contributed by atoms with Crippen LogP contribution >= 0.6 is 0 Å². The first-order valence-corrected chi connectivity index (χ1v) is 7.26. The summed E-state index contributed by atoms with van der Waals surface area (Å²) < 4.78 is 12.8. The Morgan fingerprint density at radius 2 is 1.90 bits per heavy atom. The summed E-state index contributed by atoms with van der Waals surface area (Å²) in [6, 6.07) is 7.73. The molecule has 1 fully saturated rings. The molecule has 0 radical (unpaired) electrons. The third kappa shape index (κ3) is 3.40. The van der Waals surface area contributed by atoms with E-state index in [0.717, 1.165) is 0 Å². The number of hydrogen-bond donors (Lipinski definition) is 1. The molecule has 1 heterocycles. The second-order valence-electron chi connectivity index (χ2n) is 5.72. The first-order valence-electron chi connectivity index (χ1n) is 7.26. The third-order valence-corrected chi connectivity index (χ3v) is 3.61. The number of carbonyl (C=O) groups excluding carboxylic acids is 2. The largest absolute Gasteiger partial charge is 0.342 e. The smallest absolute Gasteiger partial charge is 0.248 e. The van der Waals surface area contributed by atoms with Gasteiger partial charge in [0.2, 0.25) is 11.8 Å². The van der Waals surface area contributed by atoms with E-state index >= 15 is 0 Å². The van der Waals surface area contributed by atoms with E-state index in [2.05, 4.69) is 5.32 Å². The molecule has 0 aliphatic carbocycles. The maximum absolute atomic E-state index is 12.8. The van der Waals surface area contributed by atoms with Crippen LogP contribution in [0, 0.1) is 5.92 Å². The number of halogens is 1. The Labute approximate surface area is 124 Å². The summed E-state index contributed by atoms with van der Waals surface area (Å²) in [5.74, 6) is -0.158. The summed E-state index contributed by atoms with van der Waals surface area (Å²) in [5.41, 5.74) is 0.708. The molecule has 2 rings (SSSR count). The normalized spacial score (nSPS) is 22.6. The van der Waals surface area contributed by atoms with Gasteiger partial charge in [-0.25, -0.2) is 4.39 Å². The Hall–Kier alpha value is -1.91. The zero-order chi connectivity index (χ0) is 15.4. The molecule has 1 aromatic rings. The predicted molar refractivity (Wildman–Crippen MR) is 78.3 cm³/mol. The number of amides is 2. The van der Waals surface area contributed by atoms with Gasteiger partial charge in [-0.1, -0.05) is 44.2 Å². The minimum atomic E-state index is -0.738. The summed E-state index contributed by atoms with van der Waals surface area (Å²) in [4.78, 5) is 26.3. The summed E-state index contributed by atoms with van der Waals surface area (Å²) in [7, 11) is 0. The van der Waals surface area contributed by atoms with Gasteiger partial charge in [-0.15, -0.1) is 0 Å². The van der Waals surface area contributed by atoms with E-state index in [1.165, 1.54) is 4.90 Å². The molecular weight excluding hydrogens is 271 g/mol. The summed E-state index contributed by atoms with van der Waals surface area (Å²) in [6.45, 7) is 3.27. The van der Waals surface area contributed by atoms with Crippen LogP contribution in [-0.4, -0.2) is 36.0 Å². The maximum atomic E-state index is 12.8. The lowest BCUT2D eigenvalue weighted by Gasteiger charge is -2.39. The Morgan fingerprint density at radius 3 is 2.48 bits per heavy atom. The number of piperazine rings is 1. The summed E-state index contributed by atoms with van der Waals surface area (Å²) >= 11 is 0. The van der Waals surface area contributed by atoms with Crippen molar-refractivity contribution in [2.75, 3.05) is 13.2 Å². The monoisotopic (exact) mass is 292 g/mol. The van der Waals surface area contributed by atoms with E-state index in [0.29, 0.717) is 12.0 Å². The average Bonchev–Trinajstić information content (AvgIpc) is 2.45. The number of hydrogen-bond acceptors (Lipinski definition) is 2. The van der Waals surface area contributed by atoms with Crippen molar-refractivity contribution in [3.05, 3.63) is 35.9 Å². The van der Waals surface area contributed by atoms with Gasteiger partial charge in [0.15, 0.2) is 0 Å². The highest BCUT2D eigenvalue weighted by Crippen LogP contribution is 2.26. The van der Waals surface area contributed by atoms with Crippen molar-refractivity contribution in [3.8, 4) is 0 Å². The van der Waals surface area contributed by atoms with Gasteiger partial charge in [0.1, 0.15) is 18.8 Å². The minimum Gasteiger partial charge on any atom is -0.342 e. The lowest BCUT2D eigenvalue weighted by Crippen LogP contribution is -2.60. The molecular formula is C16H21FN2O2. The van der Waals surface area contributed by atoms with Gasteiger partial charge in [0.05, 0.1) is 6.54 Å². The first-order chi connectivity index (χ1) is 10.0. The molecule has 0 saturated carbocycles. The van der Waals surface area contributed by atoms with Crippen LogP contribution in [-0.2, 0) is 9.59 Å². The molecule has 1 saturated heterocycles. The molecule has 0 bridgehead atoms. The summed E-state index contributed by atoms with van der Waals surface area (Å²) in [5, 5.41) is 2.78. The molecule has 5 heteroatoms. The van der Waals surface area contributed by atoms with E-state index in [4.69, 9.17) is 0 Å². The van der Waals surface area contributed by atoms with Gasteiger partial charge in [-0.2, -0.15) is 0 Å². The predicted octanol–water partition coefficient (Wildman–Crippen LogP) is 2.07. The maximum Gasteiger partial charge on any atom is 0.248 e. The minimum absolute atomic E-state index is 0.0551. The highest BCUT2D eigenvalue weighted by molar-refractivity contribution is 5.97. The van der Waals surface area contributed by atoms with Crippen molar-refractivity contribution in [1.82, 2.24) is 10.2 Å². The fraction of sp³-hybridized carbons (Fsp3) is 0.500. The van der Waals surface area contributed by atoms with E-state index in [9.17, 15) is 14.0 Å². The molecule has 114 valence electrons. The van der Waals surface area contributed by atoms with Crippen molar-refractivity contribution in [1.29, 1.82) is 0 Å². The number of benzene rings is 1. The van der Waals surface area contributed by atoms with Crippen molar-refractivity contribution in [2.45, 2.75) is 32.4 Å². The molecule has 1 N–H and O–H groups in total. The van der Waals surface area contributed by atoms with Gasteiger partial charge in [-0.05, 0) is 17.9 Å². The number of rotatable bonds is 5. The lowest BCUT2D eigenvalue weighted by molar-refractivity contribution is -0.150. The molecule has 2 atom stereocenters. The summed E-state index contributed by atoms with van der Waals surface area (Å²) in [6.07, 6.45) is 0.564. The zero-order valence-electron chi connectivity index (χ0n) is 12.4. The fourth-order valence-electron chi connectivity index (χ4n) is 2.71. The first kappa shape index (κ1) is 15.5. The average molecular weight is 292 g/mol. The Morgan fingerprint density at radius 1 is 1.24 bits per heavy atom. The van der Waals surface area contributed by atoms with Crippen molar-refractivity contribution in [2.24, 2.45) is 5.92 Å². The van der Waals surface area contributed by atoms with Gasteiger partial charge >= 0.3 is 0 Å². The van der Waals surface area contributed by atoms with Crippen LogP contribution < -0.4 is 5.32 Å². The Balaban J connectivity index is 2.29. The Bertz CT molecular complexity index is 504. The van der Waals surface area contributed by atoms with Crippen LogP contribution in [0.15, 0.2) is 30.3 Å². The second-order valence-corrected chi connectivity index (χ2v) is 5.72. The van der Waals surface area contributed by atoms with Gasteiger partial charge < -0.3 is 10.2 Å². The lowest BCUT2D eigenvalue weighted by atomic mass is 9.95. The van der Waals surface area contributed by atoms with E-state index in [1.807, 2.05) is 19.9 Å². The quantitative estimate of drug-likeness (QED) is 0.903. The van der Waals surface area contributed by atoms with Gasteiger partial charge in [-0.3, -0.25) is 9.59 Å². The van der Waals surface area contributed by atoms with Crippen molar-refractivity contribution < 1.29 is 14.0 Å². The molecule has 1 aliphatic heterocycles. The molecule has 2 unspecified atom stereocenters. The number of carbonyl (C=O) groups is 2. The standard InChI is InChI=1S/C16H21FN2O2/c1-11(2)10-13-16(21)19(9-8-17)14(15(20)18-13)12-6-4-3-5-7-12/h3-7,11,13-14H,8-10H2,1-2H3,(H,18,20). The van der Waals surface area contributed by atoms with Crippen LogP contribution in [0.25, 0.3) is 0 Å². The van der Waals surface area contributed by atoms with Crippen LogP contribution in [0.2, 0.25) is 0 Å². The second kappa shape index (κ2) is 6.70. The zero-order valence-corrected chi connectivity index (χ0v) is 12.4. The highest BCUT2D eigenvalue weighted by atomic mass is 19.1. The van der Waals surface area contributed by atoms with Crippen LogP contribution in [0.3, 0.4) is 0 Å². The molecule has 21 heavy (non-hydrogen) atoms. The number of nitrogens with zero attached hydrogens (tertiary/aromatic N) is 1. The number of nitrogens with one attached hydrogen (secondary N) is 1.